The summed E-state index contributed by atoms with van der Waals surface area (Å²) in [5, 5.41) is 9.15. The van der Waals surface area contributed by atoms with Gasteiger partial charge >= 0.3 is 0 Å². The molecule has 0 spiro atoms. The number of carbonyl (C=O) groups excluding carboxylic acids is 1. The van der Waals surface area contributed by atoms with E-state index in [1.165, 1.54) is 0 Å². The lowest BCUT2D eigenvalue weighted by atomic mass is 10.1. The molecule has 1 aromatic carbocycles. The molecule has 20 heavy (non-hydrogen) atoms. The fraction of sp³-hybridized carbons (Fsp3) is 0.133. The van der Waals surface area contributed by atoms with Crippen molar-refractivity contribution in [1.82, 2.24) is 4.98 Å². The van der Waals surface area contributed by atoms with Crippen LogP contribution in [0.15, 0.2) is 30.3 Å². The second-order valence-corrected chi connectivity index (χ2v) is 4.32. The van der Waals surface area contributed by atoms with E-state index < -0.39 is 5.91 Å². The Hall–Kier alpha value is -2.87. The molecule has 0 aliphatic carbocycles. The van der Waals surface area contributed by atoms with E-state index in [1.807, 2.05) is 6.92 Å². The van der Waals surface area contributed by atoms with Gasteiger partial charge in [-0.15, -0.1) is 0 Å². The second kappa shape index (κ2) is 5.41. The molecule has 0 radical (unpaired) electrons. The molecule has 1 aromatic heterocycles. The number of aryl methyl sites for hydroxylation is 2. The molecule has 0 saturated carbocycles. The number of primary amides is 1. The number of carbonyl (C=O) groups is 1. The van der Waals surface area contributed by atoms with Gasteiger partial charge in [-0.1, -0.05) is 0 Å². The number of pyridine rings is 1. The van der Waals surface area contributed by atoms with E-state index in [0.29, 0.717) is 28.3 Å². The standard InChI is InChI=1S/C15H13N3O2/c1-9-7-14(13(8-16)10(2)18-9)20-12-5-3-11(4-6-12)15(17)19/h3-7H,1-2H3,(H2,17,19). The van der Waals surface area contributed by atoms with Gasteiger partial charge in [0.25, 0.3) is 0 Å². The van der Waals surface area contributed by atoms with E-state index in [1.54, 1.807) is 37.3 Å². The smallest absolute Gasteiger partial charge is 0.248 e. The van der Waals surface area contributed by atoms with Crippen molar-refractivity contribution < 1.29 is 9.53 Å². The highest BCUT2D eigenvalue weighted by Gasteiger charge is 2.10. The lowest BCUT2D eigenvalue weighted by Crippen LogP contribution is -2.10. The number of amides is 1. The molecular weight excluding hydrogens is 254 g/mol. The predicted octanol–water partition coefficient (Wildman–Crippen LogP) is 2.46. The van der Waals surface area contributed by atoms with Crippen LogP contribution in [0.2, 0.25) is 0 Å². The van der Waals surface area contributed by atoms with E-state index in [-0.39, 0.29) is 0 Å². The summed E-state index contributed by atoms with van der Waals surface area (Å²) in [6.07, 6.45) is 0. The molecule has 0 aliphatic rings. The van der Waals surface area contributed by atoms with E-state index in [4.69, 9.17) is 15.7 Å². The zero-order valence-corrected chi connectivity index (χ0v) is 11.2. The van der Waals surface area contributed by atoms with Gasteiger partial charge in [-0.05, 0) is 38.1 Å². The van der Waals surface area contributed by atoms with Crippen LogP contribution in [-0.4, -0.2) is 10.9 Å². The van der Waals surface area contributed by atoms with Crippen LogP contribution in [0.25, 0.3) is 0 Å². The third-order valence-electron chi connectivity index (χ3n) is 2.77. The fourth-order valence-corrected chi connectivity index (χ4v) is 1.82. The third kappa shape index (κ3) is 2.75. The van der Waals surface area contributed by atoms with E-state index in [2.05, 4.69) is 11.1 Å². The average Bonchev–Trinajstić information content (AvgIpc) is 2.39. The molecule has 0 atom stereocenters. The maximum atomic E-state index is 11.0. The van der Waals surface area contributed by atoms with Crippen molar-refractivity contribution in [3.05, 3.63) is 52.8 Å². The summed E-state index contributed by atoms with van der Waals surface area (Å²) in [5.41, 5.74) is 7.36. The summed E-state index contributed by atoms with van der Waals surface area (Å²) in [4.78, 5) is 15.2. The molecule has 2 N–H and O–H groups in total. The van der Waals surface area contributed by atoms with Crippen molar-refractivity contribution >= 4 is 5.91 Å². The minimum atomic E-state index is -0.495. The van der Waals surface area contributed by atoms with E-state index >= 15 is 0 Å². The van der Waals surface area contributed by atoms with Crippen LogP contribution in [0, 0.1) is 25.2 Å². The molecular formula is C15H13N3O2. The van der Waals surface area contributed by atoms with Crippen molar-refractivity contribution in [2.75, 3.05) is 0 Å². The van der Waals surface area contributed by atoms with Crippen molar-refractivity contribution in [3.63, 3.8) is 0 Å². The molecule has 100 valence electrons. The number of rotatable bonds is 3. The number of ether oxygens (including phenoxy) is 1. The molecule has 1 amide bonds. The quantitative estimate of drug-likeness (QED) is 0.925. The summed E-state index contributed by atoms with van der Waals surface area (Å²) >= 11 is 0. The molecule has 0 fully saturated rings. The van der Waals surface area contributed by atoms with Crippen LogP contribution in [0.3, 0.4) is 0 Å². The maximum Gasteiger partial charge on any atom is 0.248 e. The zero-order chi connectivity index (χ0) is 14.7. The highest BCUT2D eigenvalue weighted by molar-refractivity contribution is 5.92. The molecule has 2 rings (SSSR count). The van der Waals surface area contributed by atoms with Gasteiger partial charge < -0.3 is 10.5 Å². The Morgan fingerprint density at radius 1 is 1.30 bits per heavy atom. The van der Waals surface area contributed by atoms with E-state index in [0.717, 1.165) is 5.69 Å². The Morgan fingerprint density at radius 2 is 1.95 bits per heavy atom. The molecule has 1 heterocycles. The van der Waals surface area contributed by atoms with Gasteiger partial charge in [0.2, 0.25) is 5.91 Å². The van der Waals surface area contributed by atoms with E-state index in [9.17, 15) is 4.79 Å². The number of aromatic nitrogens is 1. The van der Waals surface area contributed by atoms with Crippen molar-refractivity contribution in [2.45, 2.75) is 13.8 Å². The first-order valence-electron chi connectivity index (χ1n) is 5.97. The van der Waals surface area contributed by atoms with Gasteiger partial charge in [0.15, 0.2) is 0 Å². The van der Waals surface area contributed by atoms with Gasteiger partial charge in [0.1, 0.15) is 23.1 Å². The van der Waals surface area contributed by atoms with Gasteiger partial charge in [-0.25, -0.2) is 0 Å². The molecule has 0 saturated heterocycles. The summed E-state index contributed by atoms with van der Waals surface area (Å²) in [6, 6.07) is 10.2. The van der Waals surface area contributed by atoms with Gasteiger partial charge in [-0.2, -0.15) is 5.26 Å². The van der Waals surface area contributed by atoms with Gasteiger partial charge in [0.05, 0.1) is 5.69 Å². The first kappa shape index (κ1) is 13.6. The Balaban J connectivity index is 2.35. The maximum absolute atomic E-state index is 11.0. The SMILES string of the molecule is Cc1cc(Oc2ccc(C(N)=O)cc2)c(C#N)c(C)n1. The van der Waals surface area contributed by atoms with Gasteiger partial charge in [-0.3, -0.25) is 9.78 Å². The van der Waals surface area contributed by atoms with Crippen LogP contribution in [0.4, 0.5) is 0 Å². The minimum absolute atomic E-state index is 0.398. The Kier molecular flexibility index (Phi) is 3.67. The highest BCUT2D eigenvalue weighted by atomic mass is 16.5. The number of hydrogen-bond donors (Lipinski definition) is 1. The van der Waals surface area contributed by atoms with Crippen LogP contribution in [0.5, 0.6) is 11.5 Å². The largest absolute Gasteiger partial charge is 0.456 e. The summed E-state index contributed by atoms with van der Waals surface area (Å²) in [6.45, 7) is 3.59. The zero-order valence-electron chi connectivity index (χ0n) is 11.2. The van der Waals surface area contributed by atoms with Crippen LogP contribution in [-0.2, 0) is 0 Å². The van der Waals surface area contributed by atoms with Crippen molar-refractivity contribution in [3.8, 4) is 17.6 Å². The molecule has 0 aliphatic heterocycles. The lowest BCUT2D eigenvalue weighted by molar-refractivity contribution is 0.100. The number of nitrogens with two attached hydrogens (primary N) is 1. The van der Waals surface area contributed by atoms with Crippen LogP contribution < -0.4 is 10.5 Å². The summed E-state index contributed by atoms with van der Waals surface area (Å²) in [7, 11) is 0. The first-order valence-corrected chi connectivity index (χ1v) is 5.97. The average molecular weight is 267 g/mol. The fourth-order valence-electron chi connectivity index (χ4n) is 1.82. The van der Waals surface area contributed by atoms with Crippen molar-refractivity contribution in [1.29, 1.82) is 5.26 Å². The number of nitrogens with zero attached hydrogens (tertiary/aromatic N) is 2. The molecule has 0 bridgehead atoms. The van der Waals surface area contributed by atoms with Gasteiger partial charge in [0, 0.05) is 17.3 Å². The summed E-state index contributed by atoms with van der Waals surface area (Å²) in [5.74, 6) is 0.477. The predicted molar refractivity (Wildman–Crippen MR) is 73.5 cm³/mol. The third-order valence-corrected chi connectivity index (χ3v) is 2.77. The number of benzene rings is 1. The Morgan fingerprint density at radius 3 is 2.50 bits per heavy atom. The number of nitriles is 1. The molecule has 2 aromatic rings. The van der Waals surface area contributed by atoms with Crippen LogP contribution in [0.1, 0.15) is 27.3 Å². The first-order chi connectivity index (χ1) is 9.51. The minimum Gasteiger partial charge on any atom is -0.456 e. The normalized spacial score (nSPS) is 9.85. The lowest BCUT2D eigenvalue weighted by Gasteiger charge is -2.10. The Labute approximate surface area is 116 Å². The van der Waals surface area contributed by atoms with Crippen molar-refractivity contribution in [2.24, 2.45) is 5.73 Å². The number of hydrogen-bond acceptors (Lipinski definition) is 4. The molecule has 5 heteroatoms. The topological polar surface area (TPSA) is 89.0 Å². The van der Waals surface area contributed by atoms with Crippen LogP contribution >= 0.6 is 0 Å². The molecule has 5 nitrogen and oxygen atoms in total. The Bertz CT molecular complexity index is 700. The molecule has 0 unspecified atom stereocenters. The second-order valence-electron chi connectivity index (χ2n) is 4.32. The summed E-state index contributed by atoms with van der Waals surface area (Å²) < 4.78 is 5.68. The monoisotopic (exact) mass is 267 g/mol. The highest BCUT2D eigenvalue weighted by Crippen LogP contribution is 2.27.